The van der Waals surface area contributed by atoms with Gasteiger partial charge in [-0.05, 0) is 25.5 Å². The van der Waals surface area contributed by atoms with Crippen molar-refractivity contribution in [2.24, 2.45) is 0 Å². The van der Waals surface area contributed by atoms with Gasteiger partial charge in [0.15, 0.2) is 0 Å². The number of unbranched alkanes of at least 4 members (excludes halogenated alkanes) is 14. The molecule has 0 bridgehead atoms. The Balaban J connectivity index is 0. The summed E-state index contributed by atoms with van der Waals surface area (Å²) < 4.78 is 0. The van der Waals surface area contributed by atoms with Crippen LogP contribution in [0.3, 0.4) is 0 Å². The quantitative estimate of drug-likeness (QED) is 0.142. The Morgan fingerprint density at radius 2 is 1.15 bits per heavy atom. The molecule has 200 valence electrons. The highest BCUT2D eigenvalue weighted by Crippen LogP contribution is 2.12. The van der Waals surface area contributed by atoms with Gasteiger partial charge < -0.3 is 20.0 Å². The molecule has 0 aromatic rings. The number of halogens is 1. The lowest BCUT2D eigenvalue weighted by Crippen LogP contribution is -2.22. The number of nitrogens with zero attached hydrogens (tertiary/aromatic N) is 2. The summed E-state index contributed by atoms with van der Waals surface area (Å²) in [5.74, 6) is -1.48. The Morgan fingerprint density at radius 1 is 0.735 bits per heavy atom. The third-order valence-electron chi connectivity index (χ3n) is 5.88. The number of rotatable bonds is 21. The molecule has 0 saturated heterocycles. The van der Waals surface area contributed by atoms with Crippen molar-refractivity contribution in [2.75, 3.05) is 13.2 Å². The summed E-state index contributed by atoms with van der Waals surface area (Å²) in [7, 11) is 0. The molecule has 1 aliphatic heterocycles. The van der Waals surface area contributed by atoms with Crippen molar-refractivity contribution in [3.8, 4) is 0 Å². The van der Waals surface area contributed by atoms with Crippen LogP contribution in [0.1, 0.15) is 122 Å². The maximum atomic E-state index is 10.1. The molecule has 34 heavy (non-hydrogen) atoms. The van der Waals surface area contributed by atoms with Crippen LogP contribution in [-0.2, 0) is 9.59 Å². The molecule has 0 amide bonds. The minimum absolute atomic E-state index is 0. The molecule has 6 nitrogen and oxygen atoms in total. The van der Waals surface area contributed by atoms with Gasteiger partial charge in [-0.25, -0.2) is 0 Å². The van der Waals surface area contributed by atoms with E-state index in [1.807, 2.05) is 6.20 Å². The first-order chi connectivity index (χ1) is 16.0. The summed E-state index contributed by atoms with van der Waals surface area (Å²) >= 11 is 0. The minimum Gasteiger partial charge on any atom is -0.481 e. The number of carboxylic acid groups (broad SMARTS) is 2. The van der Waals surface area contributed by atoms with Gasteiger partial charge in [-0.1, -0.05) is 97.0 Å². The molecular formula is C27H51BrN2O4. The van der Waals surface area contributed by atoms with Gasteiger partial charge in [0, 0.05) is 31.8 Å². The predicted molar refractivity (Wildman–Crippen MR) is 147 cm³/mol. The first-order valence-electron chi connectivity index (χ1n) is 13.2. The maximum Gasteiger partial charge on any atom is 0.303 e. The van der Waals surface area contributed by atoms with Crippen LogP contribution in [0.2, 0.25) is 0 Å². The van der Waals surface area contributed by atoms with Crippen LogP contribution in [0.25, 0.3) is 0 Å². The van der Waals surface area contributed by atoms with Gasteiger partial charge in [0.25, 0.3) is 0 Å². The Kier molecular flexibility index (Phi) is 26.6. The van der Waals surface area contributed by atoms with E-state index in [1.54, 1.807) is 0 Å². The Morgan fingerprint density at radius 3 is 1.53 bits per heavy atom. The average Bonchev–Trinajstić information content (AvgIpc) is 3.25. The molecular weight excluding hydrogens is 496 g/mol. The van der Waals surface area contributed by atoms with Crippen LogP contribution in [0.15, 0.2) is 25.2 Å². The molecule has 0 atom stereocenters. The van der Waals surface area contributed by atoms with E-state index in [2.05, 4.69) is 35.7 Å². The van der Waals surface area contributed by atoms with E-state index in [1.165, 1.54) is 70.8 Å². The van der Waals surface area contributed by atoms with Gasteiger partial charge in [-0.15, -0.1) is 17.0 Å². The van der Waals surface area contributed by atoms with Crippen LogP contribution < -0.4 is 0 Å². The van der Waals surface area contributed by atoms with Gasteiger partial charge >= 0.3 is 11.9 Å². The first kappa shape index (κ1) is 34.7. The summed E-state index contributed by atoms with van der Waals surface area (Å²) in [5.41, 5.74) is 0. The third-order valence-corrected chi connectivity index (χ3v) is 5.88. The van der Waals surface area contributed by atoms with Crippen molar-refractivity contribution in [1.82, 2.24) is 9.80 Å². The molecule has 0 radical (unpaired) electrons. The summed E-state index contributed by atoms with van der Waals surface area (Å²) in [6.07, 6.45) is 26.1. The lowest BCUT2D eigenvalue weighted by molar-refractivity contribution is -0.138. The van der Waals surface area contributed by atoms with Crippen LogP contribution >= 0.6 is 17.0 Å². The normalized spacial score (nSPS) is 12.1. The molecule has 0 aromatic carbocycles. The fourth-order valence-corrected chi connectivity index (χ4v) is 3.81. The fourth-order valence-electron chi connectivity index (χ4n) is 3.81. The number of aliphatic carboxylic acids is 2. The summed E-state index contributed by atoms with van der Waals surface area (Å²) in [6, 6.07) is 0. The molecule has 0 aromatic heterocycles. The van der Waals surface area contributed by atoms with Gasteiger partial charge in [0.2, 0.25) is 0 Å². The Labute approximate surface area is 219 Å². The SMILES string of the molecule is Br.C=CN1C=CN(CCCCCCCCCCCC)C1.O=C(O)CCCCCCCCC(=O)O. The second-order valence-electron chi connectivity index (χ2n) is 9.04. The second-order valence-corrected chi connectivity index (χ2v) is 9.04. The van der Waals surface area contributed by atoms with Crippen LogP contribution in [-0.4, -0.2) is 45.2 Å². The Hall–Kier alpha value is -1.50. The molecule has 1 rings (SSSR count). The molecule has 0 fully saturated rings. The van der Waals surface area contributed by atoms with Crippen LogP contribution in [0, 0.1) is 0 Å². The number of hydrogen-bond donors (Lipinski definition) is 2. The fraction of sp³-hybridized carbons (Fsp3) is 0.778. The molecule has 1 heterocycles. The van der Waals surface area contributed by atoms with Crippen LogP contribution in [0.5, 0.6) is 0 Å². The smallest absolute Gasteiger partial charge is 0.303 e. The second kappa shape index (κ2) is 26.1. The van der Waals surface area contributed by atoms with Crippen molar-refractivity contribution in [3.63, 3.8) is 0 Å². The van der Waals surface area contributed by atoms with Gasteiger partial charge in [0.1, 0.15) is 0 Å². The molecule has 0 spiro atoms. The molecule has 2 N–H and O–H groups in total. The van der Waals surface area contributed by atoms with E-state index >= 15 is 0 Å². The summed E-state index contributed by atoms with van der Waals surface area (Å²) in [6.45, 7) is 8.24. The van der Waals surface area contributed by atoms with Crippen molar-refractivity contribution in [3.05, 3.63) is 25.2 Å². The minimum atomic E-state index is -0.740. The Bertz CT molecular complexity index is 509. The summed E-state index contributed by atoms with van der Waals surface area (Å²) in [4.78, 5) is 24.8. The molecule has 0 aliphatic carbocycles. The molecule has 1 aliphatic rings. The van der Waals surface area contributed by atoms with E-state index in [0.717, 1.165) is 45.2 Å². The first-order valence-corrected chi connectivity index (χ1v) is 13.2. The molecule has 7 heteroatoms. The van der Waals surface area contributed by atoms with E-state index in [-0.39, 0.29) is 29.8 Å². The number of carbonyl (C=O) groups is 2. The van der Waals surface area contributed by atoms with Crippen molar-refractivity contribution in [1.29, 1.82) is 0 Å². The van der Waals surface area contributed by atoms with Crippen molar-refractivity contribution >= 4 is 28.9 Å². The zero-order valence-electron chi connectivity index (χ0n) is 21.6. The lowest BCUT2D eigenvalue weighted by Gasteiger charge is -2.18. The molecule has 0 saturated carbocycles. The highest BCUT2D eigenvalue weighted by Gasteiger charge is 2.08. The predicted octanol–water partition coefficient (Wildman–Crippen LogP) is 7.95. The zero-order valence-corrected chi connectivity index (χ0v) is 23.3. The highest BCUT2D eigenvalue weighted by molar-refractivity contribution is 8.93. The monoisotopic (exact) mass is 546 g/mol. The van der Waals surface area contributed by atoms with Gasteiger partial charge in [-0.3, -0.25) is 9.59 Å². The van der Waals surface area contributed by atoms with Crippen molar-refractivity contribution in [2.45, 2.75) is 122 Å². The molecule has 0 unspecified atom stereocenters. The van der Waals surface area contributed by atoms with E-state index in [0.29, 0.717) is 0 Å². The third kappa shape index (κ3) is 25.1. The van der Waals surface area contributed by atoms with E-state index in [9.17, 15) is 9.59 Å². The average molecular weight is 548 g/mol. The van der Waals surface area contributed by atoms with Gasteiger partial charge in [-0.2, -0.15) is 0 Å². The number of carboxylic acids is 2. The van der Waals surface area contributed by atoms with Gasteiger partial charge in [0.05, 0.1) is 6.67 Å². The zero-order chi connectivity index (χ0) is 24.6. The number of hydrogen-bond acceptors (Lipinski definition) is 4. The lowest BCUT2D eigenvalue weighted by atomic mass is 10.1. The largest absolute Gasteiger partial charge is 0.481 e. The van der Waals surface area contributed by atoms with E-state index < -0.39 is 11.9 Å². The highest BCUT2D eigenvalue weighted by atomic mass is 79.9. The maximum absolute atomic E-state index is 10.1. The standard InChI is InChI=1S/C17H32N2.C10H18O4.BrH/c1-3-5-6-7-8-9-10-11-12-13-14-19-16-15-18(4-2)17-19;11-9(12)7-5-3-1-2-4-6-8-10(13)14;/h4,15-16H,2-3,5-14,17H2,1H3;1-8H2,(H,11,12)(H,13,14);1H. The summed E-state index contributed by atoms with van der Waals surface area (Å²) in [5, 5.41) is 16.7. The van der Waals surface area contributed by atoms with Crippen LogP contribution in [0.4, 0.5) is 0 Å². The topological polar surface area (TPSA) is 81.1 Å². The van der Waals surface area contributed by atoms with E-state index in [4.69, 9.17) is 10.2 Å². The van der Waals surface area contributed by atoms with Crippen molar-refractivity contribution < 1.29 is 19.8 Å².